The molecule has 1 fully saturated rings. The van der Waals surface area contributed by atoms with Crippen LogP contribution in [0.25, 0.3) is 0 Å². The second kappa shape index (κ2) is 13.3. The Labute approximate surface area is 186 Å². The maximum absolute atomic E-state index is 6.03. The van der Waals surface area contributed by atoms with Gasteiger partial charge >= 0.3 is 0 Å². The summed E-state index contributed by atoms with van der Waals surface area (Å²) >= 11 is 0. The lowest BCUT2D eigenvalue weighted by Crippen LogP contribution is -2.40. The first-order chi connectivity index (χ1) is 13.4. The molecule has 7 nitrogen and oxygen atoms in total. The summed E-state index contributed by atoms with van der Waals surface area (Å²) in [5, 5.41) is 15.5. The van der Waals surface area contributed by atoms with Crippen LogP contribution >= 0.6 is 24.0 Å². The van der Waals surface area contributed by atoms with E-state index >= 15 is 0 Å². The van der Waals surface area contributed by atoms with E-state index in [0.717, 1.165) is 56.7 Å². The highest BCUT2D eigenvalue weighted by Crippen LogP contribution is 2.19. The monoisotopic (exact) mass is 504 g/mol. The molecule has 2 N–H and O–H groups in total. The molecule has 0 amide bonds. The van der Waals surface area contributed by atoms with E-state index < -0.39 is 0 Å². The molecule has 0 saturated heterocycles. The Morgan fingerprint density at radius 2 is 1.79 bits per heavy atom. The number of nitrogens with zero attached hydrogens (tertiary/aromatic N) is 4. The van der Waals surface area contributed by atoms with Crippen molar-refractivity contribution in [1.82, 2.24) is 25.4 Å². The number of aryl methyl sites for hydroxylation is 1. The van der Waals surface area contributed by atoms with Crippen LogP contribution in [-0.2, 0) is 24.1 Å². The van der Waals surface area contributed by atoms with Crippen LogP contribution in [0.2, 0.25) is 0 Å². The number of rotatable bonds is 7. The maximum atomic E-state index is 6.03. The lowest BCUT2D eigenvalue weighted by molar-refractivity contribution is 0.0468. The van der Waals surface area contributed by atoms with Crippen molar-refractivity contribution in [3.63, 3.8) is 0 Å². The topological polar surface area (TPSA) is 76.4 Å². The van der Waals surface area contributed by atoms with Crippen molar-refractivity contribution in [3.05, 3.63) is 11.6 Å². The fourth-order valence-electron chi connectivity index (χ4n) is 4.05. The summed E-state index contributed by atoms with van der Waals surface area (Å²) in [4.78, 5) is 4.30. The van der Waals surface area contributed by atoms with Crippen LogP contribution in [0, 0.1) is 0 Å². The van der Waals surface area contributed by atoms with E-state index in [2.05, 4.69) is 30.4 Å². The van der Waals surface area contributed by atoms with Crippen LogP contribution in [0.3, 0.4) is 0 Å². The number of guanidine groups is 1. The third kappa shape index (κ3) is 7.50. The van der Waals surface area contributed by atoms with Gasteiger partial charge in [0.15, 0.2) is 5.96 Å². The Kier molecular flexibility index (Phi) is 11.1. The van der Waals surface area contributed by atoms with E-state index in [9.17, 15) is 0 Å². The smallest absolute Gasteiger partial charge is 0.191 e. The van der Waals surface area contributed by atoms with E-state index in [-0.39, 0.29) is 24.0 Å². The summed E-state index contributed by atoms with van der Waals surface area (Å²) in [6, 6.07) is 0. The first kappa shape index (κ1) is 23.4. The average molecular weight is 504 g/mol. The van der Waals surface area contributed by atoms with Gasteiger partial charge in [-0.3, -0.25) is 4.99 Å². The van der Waals surface area contributed by atoms with Gasteiger partial charge in [-0.1, -0.05) is 32.1 Å². The van der Waals surface area contributed by atoms with Gasteiger partial charge in [0.05, 0.1) is 12.7 Å². The molecule has 1 saturated carbocycles. The summed E-state index contributed by atoms with van der Waals surface area (Å²) < 4.78 is 8.34. The Morgan fingerprint density at radius 3 is 2.57 bits per heavy atom. The summed E-state index contributed by atoms with van der Waals surface area (Å²) in [6.07, 6.45) is 13.9. The maximum Gasteiger partial charge on any atom is 0.191 e. The van der Waals surface area contributed by atoms with E-state index in [4.69, 9.17) is 4.74 Å². The average Bonchev–Trinajstić information content (AvgIpc) is 2.90. The Morgan fingerprint density at radius 1 is 1.04 bits per heavy atom. The van der Waals surface area contributed by atoms with Crippen LogP contribution in [0.15, 0.2) is 4.99 Å². The third-order valence-corrected chi connectivity index (χ3v) is 5.60. The lowest BCUT2D eigenvalue weighted by Gasteiger charge is -2.17. The van der Waals surface area contributed by atoms with Crippen molar-refractivity contribution in [2.24, 2.45) is 4.99 Å². The molecule has 8 heteroatoms. The molecule has 3 rings (SSSR count). The molecule has 0 spiro atoms. The van der Waals surface area contributed by atoms with E-state index in [1.165, 1.54) is 57.8 Å². The zero-order chi connectivity index (χ0) is 18.7. The molecule has 1 aromatic heterocycles. The fraction of sp³-hybridized carbons (Fsp3) is 0.850. The fourth-order valence-corrected chi connectivity index (χ4v) is 4.05. The first-order valence-corrected chi connectivity index (χ1v) is 10.8. The highest BCUT2D eigenvalue weighted by molar-refractivity contribution is 14.0. The molecule has 2 heterocycles. The lowest BCUT2D eigenvalue weighted by atomic mass is 10.1. The van der Waals surface area contributed by atoms with Crippen molar-refractivity contribution in [2.45, 2.75) is 83.3 Å². The second-order valence-corrected chi connectivity index (χ2v) is 7.65. The molecule has 0 aromatic carbocycles. The first-order valence-electron chi connectivity index (χ1n) is 10.8. The Bertz CT molecular complexity index is 583. The molecule has 0 atom stereocenters. The van der Waals surface area contributed by atoms with Crippen molar-refractivity contribution < 1.29 is 4.74 Å². The van der Waals surface area contributed by atoms with Gasteiger partial charge in [-0.2, -0.15) is 0 Å². The van der Waals surface area contributed by atoms with Gasteiger partial charge in [0.2, 0.25) is 0 Å². The van der Waals surface area contributed by atoms with E-state index in [0.29, 0.717) is 6.10 Å². The SMILES string of the molecule is CN=C(NCCOC1CCCCCC1)NCCc1nnc2n1CCCCC2.I. The van der Waals surface area contributed by atoms with Gasteiger partial charge < -0.3 is 19.9 Å². The van der Waals surface area contributed by atoms with Crippen LogP contribution < -0.4 is 10.6 Å². The highest BCUT2D eigenvalue weighted by atomic mass is 127. The summed E-state index contributed by atoms with van der Waals surface area (Å²) in [5.41, 5.74) is 0. The number of hydrogen-bond acceptors (Lipinski definition) is 4. The minimum atomic E-state index is 0. The quantitative estimate of drug-likeness (QED) is 0.196. The van der Waals surface area contributed by atoms with Crippen molar-refractivity contribution in [2.75, 3.05) is 26.7 Å². The van der Waals surface area contributed by atoms with Crippen LogP contribution in [0.1, 0.15) is 69.4 Å². The summed E-state index contributed by atoms with van der Waals surface area (Å²) in [6.45, 7) is 3.39. The molecule has 0 radical (unpaired) electrons. The number of halogens is 1. The van der Waals surface area contributed by atoms with Crippen LogP contribution in [-0.4, -0.2) is 53.6 Å². The molecule has 160 valence electrons. The largest absolute Gasteiger partial charge is 0.376 e. The predicted molar refractivity (Wildman–Crippen MR) is 124 cm³/mol. The minimum Gasteiger partial charge on any atom is -0.376 e. The van der Waals surface area contributed by atoms with E-state index in [1.807, 2.05) is 7.05 Å². The molecule has 1 aromatic rings. The van der Waals surface area contributed by atoms with Gasteiger partial charge in [-0.05, 0) is 25.7 Å². The Balaban J connectivity index is 0.00000280. The van der Waals surface area contributed by atoms with Crippen molar-refractivity contribution >= 4 is 29.9 Å². The van der Waals surface area contributed by atoms with Gasteiger partial charge in [0.25, 0.3) is 0 Å². The number of aliphatic imine (C=N–C) groups is 1. The Hall–Kier alpha value is -0.900. The van der Waals surface area contributed by atoms with Gasteiger partial charge in [-0.25, -0.2) is 0 Å². The molecule has 28 heavy (non-hydrogen) atoms. The molecule has 1 aliphatic carbocycles. The van der Waals surface area contributed by atoms with Crippen LogP contribution in [0.5, 0.6) is 0 Å². The standard InChI is InChI=1S/C20H36N6O.HI/c1-21-20(23-14-16-27-17-9-5-2-3-6-10-17)22-13-12-19-25-24-18-11-7-4-8-15-26(18)19;/h17H,2-16H2,1H3,(H2,21,22,23);1H. The van der Waals surface area contributed by atoms with Gasteiger partial charge in [-0.15, -0.1) is 34.2 Å². The second-order valence-electron chi connectivity index (χ2n) is 7.65. The van der Waals surface area contributed by atoms with Gasteiger partial charge in [0, 0.05) is 39.5 Å². The third-order valence-electron chi connectivity index (χ3n) is 5.60. The summed E-state index contributed by atoms with van der Waals surface area (Å²) in [5.74, 6) is 3.07. The number of aromatic nitrogens is 3. The predicted octanol–water partition coefficient (Wildman–Crippen LogP) is 3.07. The molecule has 0 unspecified atom stereocenters. The molecule has 0 bridgehead atoms. The summed E-state index contributed by atoms with van der Waals surface area (Å²) in [7, 11) is 1.81. The molecule has 2 aliphatic rings. The van der Waals surface area contributed by atoms with E-state index in [1.54, 1.807) is 0 Å². The van der Waals surface area contributed by atoms with Crippen molar-refractivity contribution in [3.8, 4) is 0 Å². The molecular formula is C20H37IN6O. The number of ether oxygens (including phenoxy) is 1. The zero-order valence-electron chi connectivity index (χ0n) is 17.3. The van der Waals surface area contributed by atoms with Crippen LogP contribution in [0.4, 0.5) is 0 Å². The normalized spacial score (nSPS) is 18.5. The number of hydrogen-bond donors (Lipinski definition) is 2. The molecular weight excluding hydrogens is 467 g/mol. The van der Waals surface area contributed by atoms with Crippen molar-refractivity contribution in [1.29, 1.82) is 0 Å². The highest BCUT2D eigenvalue weighted by Gasteiger charge is 2.14. The zero-order valence-corrected chi connectivity index (χ0v) is 19.6. The van der Waals surface area contributed by atoms with Gasteiger partial charge in [0.1, 0.15) is 11.6 Å². The molecule has 1 aliphatic heterocycles. The number of nitrogens with one attached hydrogen (secondary N) is 2. The minimum absolute atomic E-state index is 0. The number of fused-ring (bicyclic) bond motifs is 1.